The van der Waals surface area contributed by atoms with Crippen molar-refractivity contribution >= 4 is 28.9 Å². The number of amides is 1. The normalized spacial score (nSPS) is 20.0. The zero-order chi connectivity index (χ0) is 18.7. The first-order valence-electron chi connectivity index (χ1n) is 8.79. The average Bonchev–Trinajstić information content (AvgIpc) is 3.12. The minimum atomic E-state index is -0.342. The Hall–Kier alpha value is -2.41. The SMILES string of the molecule is CCOC(=O)c1cnc(C2CC[C@@H](C)N(C(=O)c3ccccc3N)C2)s1. The molecular weight excluding hydrogens is 350 g/mol. The van der Waals surface area contributed by atoms with Crippen molar-refractivity contribution < 1.29 is 14.3 Å². The smallest absolute Gasteiger partial charge is 0.349 e. The van der Waals surface area contributed by atoms with Crippen LogP contribution in [0.3, 0.4) is 0 Å². The molecule has 1 unspecified atom stereocenters. The lowest BCUT2D eigenvalue weighted by atomic mass is 9.93. The maximum Gasteiger partial charge on any atom is 0.349 e. The summed E-state index contributed by atoms with van der Waals surface area (Å²) in [6.07, 6.45) is 3.39. The van der Waals surface area contributed by atoms with Gasteiger partial charge in [-0.15, -0.1) is 11.3 Å². The molecule has 3 rings (SSSR count). The zero-order valence-electron chi connectivity index (χ0n) is 15.0. The van der Waals surface area contributed by atoms with Crippen molar-refractivity contribution in [3.8, 4) is 0 Å². The Balaban J connectivity index is 1.77. The quantitative estimate of drug-likeness (QED) is 0.656. The fourth-order valence-corrected chi connectivity index (χ4v) is 4.15. The minimum Gasteiger partial charge on any atom is -0.462 e. The third-order valence-electron chi connectivity index (χ3n) is 4.68. The number of carbonyl (C=O) groups is 2. The van der Waals surface area contributed by atoms with Crippen LogP contribution in [0.1, 0.15) is 57.6 Å². The molecule has 1 aromatic heterocycles. The number of hydrogen-bond acceptors (Lipinski definition) is 6. The van der Waals surface area contributed by atoms with Gasteiger partial charge in [0.15, 0.2) is 0 Å². The Kier molecular flexibility index (Phi) is 5.56. The topological polar surface area (TPSA) is 85.5 Å². The molecule has 2 aromatic rings. The summed E-state index contributed by atoms with van der Waals surface area (Å²) in [6, 6.07) is 7.29. The molecule has 1 amide bonds. The van der Waals surface area contributed by atoms with Crippen molar-refractivity contribution in [2.24, 2.45) is 0 Å². The van der Waals surface area contributed by atoms with Gasteiger partial charge in [-0.05, 0) is 38.8 Å². The van der Waals surface area contributed by atoms with Crippen LogP contribution in [0.4, 0.5) is 5.69 Å². The molecule has 2 atom stereocenters. The highest BCUT2D eigenvalue weighted by atomic mass is 32.1. The van der Waals surface area contributed by atoms with Gasteiger partial charge in [0.1, 0.15) is 4.88 Å². The molecule has 0 bridgehead atoms. The first-order valence-corrected chi connectivity index (χ1v) is 9.61. The molecular formula is C19H23N3O3S. The molecule has 1 aromatic carbocycles. The number of thiazole rings is 1. The number of para-hydroxylation sites is 1. The van der Waals surface area contributed by atoms with Crippen LogP contribution in [-0.4, -0.2) is 41.0 Å². The van der Waals surface area contributed by atoms with Crippen LogP contribution >= 0.6 is 11.3 Å². The number of nitrogens with zero attached hydrogens (tertiary/aromatic N) is 2. The predicted octanol–water partition coefficient (Wildman–Crippen LogP) is 3.31. The molecule has 1 saturated heterocycles. The van der Waals surface area contributed by atoms with Gasteiger partial charge in [0.2, 0.25) is 0 Å². The number of ether oxygens (including phenoxy) is 1. The van der Waals surface area contributed by atoms with E-state index in [1.54, 1.807) is 25.3 Å². The van der Waals surface area contributed by atoms with E-state index in [4.69, 9.17) is 10.5 Å². The summed E-state index contributed by atoms with van der Waals surface area (Å²) in [5.41, 5.74) is 7.00. The van der Waals surface area contributed by atoms with E-state index >= 15 is 0 Å². The first kappa shape index (κ1) is 18.4. The highest BCUT2D eigenvalue weighted by molar-refractivity contribution is 7.13. The molecule has 6 nitrogen and oxygen atoms in total. The molecule has 138 valence electrons. The fraction of sp³-hybridized carbons (Fsp3) is 0.421. The van der Waals surface area contributed by atoms with Crippen LogP contribution in [0, 0.1) is 0 Å². The standard InChI is InChI=1S/C19H23N3O3S/c1-3-25-19(24)16-10-21-17(26-16)13-9-8-12(2)22(11-13)18(23)14-6-4-5-7-15(14)20/h4-7,10,12-13H,3,8-9,11,20H2,1-2H3/t12-,13?/m1/s1. The highest BCUT2D eigenvalue weighted by Gasteiger charge is 2.32. The number of nitrogen functional groups attached to an aromatic ring is 1. The molecule has 26 heavy (non-hydrogen) atoms. The Morgan fingerprint density at radius 3 is 2.85 bits per heavy atom. The van der Waals surface area contributed by atoms with Gasteiger partial charge in [-0.3, -0.25) is 4.79 Å². The monoisotopic (exact) mass is 373 g/mol. The Labute approximate surface area is 157 Å². The van der Waals surface area contributed by atoms with Crippen LogP contribution in [0.25, 0.3) is 0 Å². The number of aromatic nitrogens is 1. The van der Waals surface area contributed by atoms with Gasteiger partial charge < -0.3 is 15.4 Å². The lowest BCUT2D eigenvalue weighted by molar-refractivity contribution is 0.0531. The van der Waals surface area contributed by atoms with Crippen LogP contribution < -0.4 is 5.73 Å². The van der Waals surface area contributed by atoms with E-state index in [-0.39, 0.29) is 23.8 Å². The molecule has 1 fully saturated rings. The third-order valence-corrected chi connectivity index (χ3v) is 5.82. The third kappa shape index (κ3) is 3.72. The molecule has 2 heterocycles. The molecule has 1 aliphatic heterocycles. The second-order valence-corrected chi connectivity index (χ2v) is 7.51. The van der Waals surface area contributed by atoms with Crippen molar-refractivity contribution in [3.63, 3.8) is 0 Å². The average molecular weight is 373 g/mol. The number of hydrogen-bond donors (Lipinski definition) is 1. The summed E-state index contributed by atoms with van der Waals surface area (Å²) in [5, 5.41) is 0.874. The summed E-state index contributed by atoms with van der Waals surface area (Å²) in [7, 11) is 0. The Morgan fingerprint density at radius 2 is 2.12 bits per heavy atom. The lowest BCUT2D eigenvalue weighted by Gasteiger charge is -2.37. The number of esters is 1. The van der Waals surface area contributed by atoms with Crippen molar-refractivity contribution in [1.29, 1.82) is 0 Å². The van der Waals surface area contributed by atoms with Gasteiger partial charge in [-0.25, -0.2) is 9.78 Å². The van der Waals surface area contributed by atoms with Crippen molar-refractivity contribution in [2.45, 2.75) is 38.6 Å². The van der Waals surface area contributed by atoms with Crippen molar-refractivity contribution in [2.75, 3.05) is 18.9 Å². The molecule has 2 N–H and O–H groups in total. The van der Waals surface area contributed by atoms with E-state index in [1.165, 1.54) is 11.3 Å². The van der Waals surface area contributed by atoms with E-state index in [0.29, 0.717) is 29.3 Å². The number of rotatable bonds is 4. The van der Waals surface area contributed by atoms with E-state index in [9.17, 15) is 9.59 Å². The number of anilines is 1. The summed E-state index contributed by atoms with van der Waals surface area (Å²) >= 11 is 1.35. The second kappa shape index (κ2) is 7.86. The van der Waals surface area contributed by atoms with Crippen LogP contribution in [0.2, 0.25) is 0 Å². The maximum absolute atomic E-state index is 13.0. The number of carbonyl (C=O) groups excluding carboxylic acids is 2. The number of nitrogens with two attached hydrogens (primary N) is 1. The second-order valence-electron chi connectivity index (χ2n) is 6.45. The van der Waals surface area contributed by atoms with Crippen LogP contribution in [-0.2, 0) is 4.74 Å². The number of likely N-dealkylation sites (tertiary alicyclic amines) is 1. The summed E-state index contributed by atoms with van der Waals surface area (Å²) in [5.74, 6) is -0.277. The van der Waals surface area contributed by atoms with Gasteiger partial charge in [0.25, 0.3) is 5.91 Å². The van der Waals surface area contributed by atoms with E-state index in [1.807, 2.05) is 17.0 Å². The van der Waals surface area contributed by atoms with Crippen molar-refractivity contribution in [1.82, 2.24) is 9.88 Å². The minimum absolute atomic E-state index is 0.0533. The molecule has 0 aliphatic carbocycles. The largest absolute Gasteiger partial charge is 0.462 e. The summed E-state index contributed by atoms with van der Waals surface area (Å²) < 4.78 is 5.03. The van der Waals surface area contributed by atoms with Gasteiger partial charge >= 0.3 is 5.97 Å². The number of benzene rings is 1. The fourth-order valence-electron chi connectivity index (χ4n) is 3.21. The Morgan fingerprint density at radius 1 is 1.35 bits per heavy atom. The summed E-state index contributed by atoms with van der Waals surface area (Å²) in [6.45, 7) is 4.75. The first-order chi connectivity index (χ1) is 12.5. The van der Waals surface area contributed by atoms with E-state index in [0.717, 1.165) is 17.8 Å². The van der Waals surface area contributed by atoms with Crippen LogP contribution in [0.15, 0.2) is 30.5 Å². The molecule has 0 radical (unpaired) electrons. The summed E-state index contributed by atoms with van der Waals surface area (Å²) in [4.78, 5) is 31.6. The van der Waals surface area contributed by atoms with Gasteiger partial charge in [-0.1, -0.05) is 12.1 Å². The van der Waals surface area contributed by atoms with Gasteiger partial charge in [-0.2, -0.15) is 0 Å². The van der Waals surface area contributed by atoms with Crippen LogP contribution in [0.5, 0.6) is 0 Å². The molecule has 0 spiro atoms. The zero-order valence-corrected chi connectivity index (χ0v) is 15.8. The molecule has 0 saturated carbocycles. The Bertz CT molecular complexity index is 805. The van der Waals surface area contributed by atoms with E-state index < -0.39 is 0 Å². The lowest BCUT2D eigenvalue weighted by Crippen LogP contribution is -2.45. The van der Waals surface area contributed by atoms with Gasteiger partial charge in [0, 0.05) is 24.2 Å². The maximum atomic E-state index is 13.0. The number of piperidine rings is 1. The van der Waals surface area contributed by atoms with Gasteiger partial charge in [0.05, 0.1) is 23.4 Å². The molecule has 7 heteroatoms. The highest BCUT2D eigenvalue weighted by Crippen LogP contribution is 2.33. The molecule has 1 aliphatic rings. The predicted molar refractivity (Wildman–Crippen MR) is 101 cm³/mol. The van der Waals surface area contributed by atoms with E-state index in [2.05, 4.69) is 11.9 Å². The van der Waals surface area contributed by atoms with Crippen molar-refractivity contribution in [3.05, 3.63) is 45.9 Å².